The molecule has 0 aromatic heterocycles. The lowest BCUT2D eigenvalue weighted by atomic mass is 9.47. The van der Waals surface area contributed by atoms with Gasteiger partial charge in [0.2, 0.25) is 0 Å². The summed E-state index contributed by atoms with van der Waals surface area (Å²) in [5, 5.41) is 14.2. The normalized spacial score (nSPS) is 40.3. The monoisotopic (exact) mass is 354 g/mol. The molecule has 3 fully saturated rings. The van der Waals surface area contributed by atoms with E-state index < -0.39 is 6.10 Å². The molecule has 0 unspecified atom stereocenters. The predicted octanol–water partition coefficient (Wildman–Crippen LogP) is 1.75. The van der Waals surface area contributed by atoms with Crippen LogP contribution in [-0.2, 0) is 16.6 Å². The van der Waals surface area contributed by atoms with Crippen LogP contribution in [0.1, 0.15) is 43.2 Å². The van der Waals surface area contributed by atoms with E-state index in [-0.39, 0.29) is 22.5 Å². The highest BCUT2D eigenvalue weighted by Gasteiger charge is 2.72. The van der Waals surface area contributed by atoms with Crippen LogP contribution in [-0.4, -0.2) is 53.6 Å². The molecule has 5 heteroatoms. The van der Waals surface area contributed by atoms with E-state index in [0.717, 1.165) is 37.3 Å². The molecule has 0 radical (unpaired) electrons. The first-order chi connectivity index (χ1) is 12.6. The van der Waals surface area contributed by atoms with E-state index in [0.29, 0.717) is 18.2 Å². The number of likely N-dealkylation sites (N-methyl/N-ethyl adjacent to an activating group) is 1. The number of piperidine rings is 1. The molecular formula is C21H26N2O3. The standard InChI is InChI=1S/C21H26N2O3/c1-22-21-7-6-15(25)19-20(21)8-9-23(11-12-2-3-12)16(21)10-13-4-5-14(24)18(26-19)17(13)20/h4-5,12,16,19,22,24H,2-3,6-11H2,1H3/t16-,19+,20+,21-/m1/s1. The van der Waals surface area contributed by atoms with E-state index in [4.69, 9.17) is 4.74 Å². The number of benzene rings is 1. The van der Waals surface area contributed by atoms with Crippen molar-refractivity contribution in [3.8, 4) is 11.5 Å². The summed E-state index contributed by atoms with van der Waals surface area (Å²) in [4.78, 5) is 15.6. The molecule has 5 nitrogen and oxygen atoms in total. The molecule has 2 bridgehead atoms. The third kappa shape index (κ3) is 1.59. The minimum Gasteiger partial charge on any atom is -0.504 e. The maximum absolute atomic E-state index is 12.9. The Morgan fingerprint density at radius 1 is 1.35 bits per heavy atom. The van der Waals surface area contributed by atoms with E-state index in [1.165, 1.54) is 24.9 Å². The van der Waals surface area contributed by atoms with Crippen molar-refractivity contribution in [1.82, 2.24) is 10.2 Å². The minimum absolute atomic E-state index is 0.148. The lowest BCUT2D eigenvalue weighted by molar-refractivity contribution is -0.144. The minimum atomic E-state index is -0.448. The number of ether oxygens (including phenoxy) is 1. The summed E-state index contributed by atoms with van der Waals surface area (Å²) in [6.07, 6.45) is 5.60. The average molecular weight is 354 g/mol. The van der Waals surface area contributed by atoms with Gasteiger partial charge in [-0.25, -0.2) is 0 Å². The molecule has 0 amide bonds. The van der Waals surface area contributed by atoms with Crippen LogP contribution in [0.15, 0.2) is 12.1 Å². The molecular weight excluding hydrogens is 328 g/mol. The maximum atomic E-state index is 12.9. The van der Waals surface area contributed by atoms with Gasteiger partial charge in [-0.1, -0.05) is 6.07 Å². The van der Waals surface area contributed by atoms with Crippen molar-refractivity contribution in [3.05, 3.63) is 23.3 Å². The number of carbonyl (C=O) groups excluding carboxylic acids is 1. The fraction of sp³-hybridized carbons (Fsp3) is 0.667. The number of aromatic hydroxyl groups is 1. The zero-order valence-electron chi connectivity index (χ0n) is 15.3. The van der Waals surface area contributed by atoms with Crippen molar-refractivity contribution < 1.29 is 14.6 Å². The SMILES string of the molecule is CN[C@@]12CCC(=O)[C@@H]3Oc4c(O)ccc5c4[C@@]31CCN(CC1CC1)[C@@H]2C5. The van der Waals surface area contributed by atoms with Crippen LogP contribution in [0.3, 0.4) is 0 Å². The van der Waals surface area contributed by atoms with Gasteiger partial charge in [-0.3, -0.25) is 9.69 Å². The first-order valence-electron chi connectivity index (χ1n) is 10.1. The highest BCUT2D eigenvalue weighted by molar-refractivity contribution is 5.90. The summed E-state index contributed by atoms with van der Waals surface area (Å²) < 4.78 is 6.22. The second kappa shape index (κ2) is 4.82. The summed E-state index contributed by atoms with van der Waals surface area (Å²) in [5.41, 5.74) is 1.92. The van der Waals surface area contributed by atoms with Gasteiger partial charge >= 0.3 is 0 Å². The maximum Gasteiger partial charge on any atom is 0.174 e. The highest BCUT2D eigenvalue weighted by atomic mass is 16.5. The van der Waals surface area contributed by atoms with Crippen LogP contribution < -0.4 is 10.1 Å². The smallest absolute Gasteiger partial charge is 0.174 e. The number of likely N-dealkylation sites (tertiary alicyclic amines) is 1. The molecule has 3 aliphatic carbocycles. The van der Waals surface area contributed by atoms with Crippen LogP contribution in [0.5, 0.6) is 11.5 Å². The quantitative estimate of drug-likeness (QED) is 0.866. The fourth-order valence-electron chi connectivity index (χ4n) is 6.82. The number of carbonyl (C=O) groups is 1. The molecule has 1 saturated heterocycles. The zero-order chi connectivity index (χ0) is 17.7. The van der Waals surface area contributed by atoms with E-state index in [9.17, 15) is 9.90 Å². The Morgan fingerprint density at radius 2 is 2.19 bits per heavy atom. The highest BCUT2D eigenvalue weighted by Crippen LogP contribution is 2.64. The molecule has 1 aromatic carbocycles. The van der Waals surface area contributed by atoms with Gasteiger partial charge in [-0.2, -0.15) is 0 Å². The molecule has 26 heavy (non-hydrogen) atoms. The van der Waals surface area contributed by atoms with Gasteiger partial charge in [-0.05, 0) is 63.2 Å². The number of phenols is 1. The van der Waals surface area contributed by atoms with Crippen molar-refractivity contribution in [1.29, 1.82) is 0 Å². The Kier molecular flexibility index (Phi) is 2.86. The summed E-state index contributed by atoms with van der Waals surface area (Å²) in [7, 11) is 2.06. The fourth-order valence-corrected chi connectivity index (χ4v) is 6.82. The van der Waals surface area contributed by atoms with E-state index in [2.05, 4.69) is 23.3 Å². The number of nitrogens with zero attached hydrogens (tertiary/aromatic N) is 1. The lowest BCUT2D eigenvalue weighted by Crippen LogP contribution is -2.80. The molecule has 6 rings (SSSR count). The molecule has 4 atom stereocenters. The second-order valence-electron chi connectivity index (χ2n) is 9.01. The van der Waals surface area contributed by atoms with Gasteiger partial charge in [0.1, 0.15) is 0 Å². The van der Waals surface area contributed by atoms with Gasteiger partial charge in [0.15, 0.2) is 23.4 Å². The van der Waals surface area contributed by atoms with E-state index >= 15 is 0 Å². The second-order valence-corrected chi connectivity index (χ2v) is 9.01. The van der Waals surface area contributed by atoms with Crippen LogP contribution in [0.4, 0.5) is 0 Å². The van der Waals surface area contributed by atoms with Crippen molar-refractivity contribution >= 4 is 5.78 Å². The van der Waals surface area contributed by atoms with Crippen LogP contribution >= 0.6 is 0 Å². The molecule has 2 N–H and O–H groups in total. The number of rotatable bonds is 3. The summed E-state index contributed by atoms with van der Waals surface area (Å²) in [5.74, 6) is 1.82. The molecule has 1 aromatic rings. The van der Waals surface area contributed by atoms with Gasteiger partial charge in [0.25, 0.3) is 0 Å². The van der Waals surface area contributed by atoms with Crippen LogP contribution in [0, 0.1) is 5.92 Å². The van der Waals surface area contributed by atoms with E-state index in [1.54, 1.807) is 6.07 Å². The predicted molar refractivity (Wildman–Crippen MR) is 96.6 cm³/mol. The molecule has 5 aliphatic rings. The third-order valence-corrected chi connectivity index (χ3v) is 8.06. The van der Waals surface area contributed by atoms with Gasteiger partial charge in [0.05, 0.1) is 5.41 Å². The van der Waals surface area contributed by atoms with Crippen LogP contribution in [0.25, 0.3) is 0 Å². The largest absolute Gasteiger partial charge is 0.504 e. The molecule has 1 spiro atoms. The molecule has 2 heterocycles. The number of hydrogen-bond acceptors (Lipinski definition) is 5. The van der Waals surface area contributed by atoms with Gasteiger partial charge in [-0.15, -0.1) is 0 Å². The Hall–Kier alpha value is -1.59. The summed E-state index contributed by atoms with van der Waals surface area (Å²) in [6.45, 7) is 2.20. The first-order valence-corrected chi connectivity index (χ1v) is 10.1. The third-order valence-electron chi connectivity index (χ3n) is 8.06. The Balaban J connectivity index is 1.60. The Labute approximate surface area is 153 Å². The average Bonchev–Trinajstić information content (AvgIpc) is 3.38. The van der Waals surface area contributed by atoms with Crippen molar-refractivity contribution in [2.24, 2.45) is 5.92 Å². The number of Topliss-reactive ketones (excluding diaryl/α,β-unsaturated/α-hetero) is 1. The Bertz CT molecular complexity index is 820. The number of hydrogen-bond donors (Lipinski definition) is 2. The summed E-state index contributed by atoms with van der Waals surface area (Å²) >= 11 is 0. The molecule has 2 saturated carbocycles. The zero-order valence-corrected chi connectivity index (χ0v) is 15.3. The lowest BCUT2D eigenvalue weighted by Gasteiger charge is -2.65. The van der Waals surface area contributed by atoms with Gasteiger partial charge in [0, 0.05) is 30.1 Å². The van der Waals surface area contributed by atoms with Crippen molar-refractivity contribution in [2.45, 2.75) is 61.6 Å². The van der Waals surface area contributed by atoms with E-state index in [1.807, 2.05) is 0 Å². The van der Waals surface area contributed by atoms with Gasteiger partial charge < -0.3 is 15.2 Å². The molecule has 138 valence electrons. The van der Waals surface area contributed by atoms with Crippen molar-refractivity contribution in [2.75, 3.05) is 20.1 Å². The first kappa shape index (κ1) is 15.5. The van der Waals surface area contributed by atoms with Crippen LogP contribution in [0.2, 0.25) is 0 Å². The number of nitrogens with one attached hydrogen (secondary N) is 1. The topological polar surface area (TPSA) is 61.8 Å². The Morgan fingerprint density at radius 3 is 2.96 bits per heavy atom. The molecule has 2 aliphatic heterocycles. The van der Waals surface area contributed by atoms with Crippen molar-refractivity contribution in [3.63, 3.8) is 0 Å². The number of phenolic OH excluding ortho intramolecular Hbond substituents is 1. The summed E-state index contributed by atoms with van der Waals surface area (Å²) in [6, 6.07) is 4.21. The number of ketones is 1.